The van der Waals surface area contributed by atoms with Gasteiger partial charge in [-0.15, -0.1) is 0 Å². The summed E-state index contributed by atoms with van der Waals surface area (Å²) >= 11 is 0. The van der Waals surface area contributed by atoms with E-state index in [4.69, 9.17) is 0 Å². The molecule has 132 valence electrons. The highest BCUT2D eigenvalue weighted by atomic mass is 16.1. The van der Waals surface area contributed by atoms with E-state index in [0.29, 0.717) is 12.1 Å². The standard InChI is InChI=1S/C18H24N6O/c1-13(12-23-9-5-8-20-23)10-19-17(25)16-11-21-22(4)18(16)24-14(2)6-7-15(24)3/h5-9,11,13H,10,12H2,1-4H3,(H,19,25)/t13-/m1/s1. The monoisotopic (exact) mass is 340 g/mol. The van der Waals surface area contributed by atoms with Gasteiger partial charge in [0.15, 0.2) is 0 Å². The van der Waals surface area contributed by atoms with Crippen molar-refractivity contribution in [2.75, 3.05) is 6.54 Å². The molecule has 1 atom stereocenters. The minimum Gasteiger partial charge on any atom is -0.352 e. The lowest BCUT2D eigenvalue weighted by Crippen LogP contribution is -2.30. The van der Waals surface area contributed by atoms with E-state index >= 15 is 0 Å². The number of hydrogen-bond acceptors (Lipinski definition) is 3. The van der Waals surface area contributed by atoms with E-state index in [9.17, 15) is 4.79 Å². The van der Waals surface area contributed by atoms with E-state index in [1.54, 1.807) is 17.1 Å². The van der Waals surface area contributed by atoms with Crippen LogP contribution in [0.1, 0.15) is 28.7 Å². The van der Waals surface area contributed by atoms with Crippen molar-refractivity contribution >= 4 is 5.91 Å². The van der Waals surface area contributed by atoms with E-state index in [-0.39, 0.29) is 11.8 Å². The molecule has 0 bridgehead atoms. The molecule has 0 spiro atoms. The smallest absolute Gasteiger partial charge is 0.256 e. The fraction of sp³-hybridized carbons (Fsp3) is 0.389. The van der Waals surface area contributed by atoms with Crippen molar-refractivity contribution < 1.29 is 4.79 Å². The quantitative estimate of drug-likeness (QED) is 0.747. The fourth-order valence-corrected chi connectivity index (χ4v) is 3.01. The Bertz CT molecular complexity index is 839. The van der Waals surface area contributed by atoms with Crippen LogP contribution >= 0.6 is 0 Å². The van der Waals surface area contributed by atoms with Crippen LogP contribution in [0.15, 0.2) is 36.8 Å². The van der Waals surface area contributed by atoms with E-state index < -0.39 is 0 Å². The second kappa shape index (κ2) is 6.96. The minimum absolute atomic E-state index is 0.108. The third-order valence-electron chi connectivity index (χ3n) is 4.30. The average Bonchev–Trinajstić information content (AvgIpc) is 3.28. The Morgan fingerprint density at radius 2 is 1.96 bits per heavy atom. The van der Waals surface area contributed by atoms with Crippen molar-refractivity contribution in [3.8, 4) is 5.82 Å². The molecule has 0 unspecified atom stereocenters. The summed E-state index contributed by atoms with van der Waals surface area (Å²) in [5.41, 5.74) is 2.72. The zero-order valence-corrected chi connectivity index (χ0v) is 15.1. The first kappa shape index (κ1) is 17.0. The van der Waals surface area contributed by atoms with Crippen molar-refractivity contribution in [3.05, 3.63) is 53.7 Å². The van der Waals surface area contributed by atoms with Crippen molar-refractivity contribution in [2.24, 2.45) is 13.0 Å². The van der Waals surface area contributed by atoms with Gasteiger partial charge in [-0.25, -0.2) is 0 Å². The van der Waals surface area contributed by atoms with Gasteiger partial charge in [-0.05, 0) is 38.0 Å². The van der Waals surface area contributed by atoms with Gasteiger partial charge < -0.3 is 9.88 Å². The number of carbonyl (C=O) groups excluding carboxylic acids is 1. The Balaban J connectivity index is 1.73. The van der Waals surface area contributed by atoms with E-state index in [0.717, 1.165) is 23.8 Å². The van der Waals surface area contributed by atoms with Gasteiger partial charge in [0.05, 0.1) is 6.20 Å². The molecule has 3 aromatic rings. The summed E-state index contributed by atoms with van der Waals surface area (Å²) in [5.74, 6) is 0.958. The Morgan fingerprint density at radius 1 is 1.24 bits per heavy atom. The summed E-state index contributed by atoms with van der Waals surface area (Å²) in [6, 6.07) is 5.97. The number of nitrogens with one attached hydrogen (secondary N) is 1. The van der Waals surface area contributed by atoms with Crippen molar-refractivity contribution in [1.82, 2.24) is 29.4 Å². The predicted octanol–water partition coefficient (Wildman–Crippen LogP) is 2.09. The summed E-state index contributed by atoms with van der Waals surface area (Å²) < 4.78 is 5.66. The maximum absolute atomic E-state index is 12.7. The third-order valence-corrected chi connectivity index (χ3v) is 4.30. The zero-order valence-electron chi connectivity index (χ0n) is 15.1. The lowest BCUT2D eigenvalue weighted by atomic mass is 10.1. The van der Waals surface area contributed by atoms with Gasteiger partial charge in [0.25, 0.3) is 5.91 Å². The second-order valence-electron chi connectivity index (χ2n) is 6.50. The molecule has 7 heteroatoms. The summed E-state index contributed by atoms with van der Waals surface area (Å²) in [5, 5.41) is 11.5. The highest BCUT2D eigenvalue weighted by molar-refractivity contribution is 5.97. The molecule has 3 rings (SSSR count). The van der Waals surface area contributed by atoms with E-state index in [1.165, 1.54) is 0 Å². The largest absolute Gasteiger partial charge is 0.352 e. The molecule has 0 aliphatic carbocycles. The molecule has 0 aliphatic rings. The van der Waals surface area contributed by atoms with Crippen LogP contribution in [0.5, 0.6) is 0 Å². The van der Waals surface area contributed by atoms with Crippen LogP contribution in [0, 0.1) is 19.8 Å². The maximum atomic E-state index is 12.7. The van der Waals surface area contributed by atoms with Crippen molar-refractivity contribution in [1.29, 1.82) is 0 Å². The molecule has 3 heterocycles. The highest BCUT2D eigenvalue weighted by Crippen LogP contribution is 2.19. The van der Waals surface area contributed by atoms with Crippen LogP contribution in [0.3, 0.4) is 0 Å². The molecule has 0 saturated carbocycles. The van der Waals surface area contributed by atoms with Gasteiger partial charge in [-0.2, -0.15) is 10.2 Å². The van der Waals surface area contributed by atoms with Crippen LogP contribution in [-0.2, 0) is 13.6 Å². The lowest BCUT2D eigenvalue weighted by Gasteiger charge is -2.15. The van der Waals surface area contributed by atoms with Crippen LogP contribution < -0.4 is 5.32 Å². The average molecular weight is 340 g/mol. The van der Waals surface area contributed by atoms with Gasteiger partial charge in [0.2, 0.25) is 0 Å². The number of rotatable bonds is 6. The number of carbonyl (C=O) groups is 1. The van der Waals surface area contributed by atoms with Crippen LogP contribution in [0.25, 0.3) is 5.82 Å². The number of hydrogen-bond donors (Lipinski definition) is 1. The highest BCUT2D eigenvalue weighted by Gasteiger charge is 2.20. The molecule has 0 radical (unpaired) electrons. The first-order valence-corrected chi connectivity index (χ1v) is 8.40. The third kappa shape index (κ3) is 3.50. The van der Waals surface area contributed by atoms with Crippen LogP contribution in [0.2, 0.25) is 0 Å². The Labute approximate surface area is 147 Å². The minimum atomic E-state index is -0.108. The summed E-state index contributed by atoms with van der Waals surface area (Å²) in [6.45, 7) is 7.48. The van der Waals surface area contributed by atoms with E-state index in [1.807, 2.05) is 50.0 Å². The number of nitrogens with zero attached hydrogens (tertiary/aromatic N) is 5. The molecule has 25 heavy (non-hydrogen) atoms. The number of aromatic nitrogens is 5. The molecule has 0 saturated heterocycles. The summed E-state index contributed by atoms with van der Waals surface area (Å²) in [6.07, 6.45) is 5.31. The van der Waals surface area contributed by atoms with Gasteiger partial charge >= 0.3 is 0 Å². The molecule has 1 N–H and O–H groups in total. The predicted molar refractivity (Wildman–Crippen MR) is 95.7 cm³/mol. The summed E-state index contributed by atoms with van der Waals surface area (Å²) in [7, 11) is 1.85. The van der Waals surface area contributed by atoms with Crippen molar-refractivity contribution in [3.63, 3.8) is 0 Å². The number of aryl methyl sites for hydroxylation is 3. The topological polar surface area (TPSA) is 69.7 Å². The first-order chi connectivity index (χ1) is 12.0. The van der Waals surface area contributed by atoms with Gasteiger partial charge in [0, 0.05) is 43.9 Å². The zero-order chi connectivity index (χ0) is 18.0. The van der Waals surface area contributed by atoms with E-state index in [2.05, 4.69) is 27.0 Å². The molecule has 0 aromatic carbocycles. The van der Waals surface area contributed by atoms with Gasteiger partial charge in [-0.1, -0.05) is 6.92 Å². The molecule has 0 fully saturated rings. The molecular weight excluding hydrogens is 316 g/mol. The molecular formula is C18H24N6O. The Kier molecular flexibility index (Phi) is 4.74. The summed E-state index contributed by atoms with van der Waals surface area (Å²) in [4.78, 5) is 12.7. The van der Waals surface area contributed by atoms with Gasteiger partial charge in [0.1, 0.15) is 11.4 Å². The molecule has 7 nitrogen and oxygen atoms in total. The van der Waals surface area contributed by atoms with Gasteiger partial charge in [-0.3, -0.25) is 14.2 Å². The molecule has 0 aliphatic heterocycles. The fourth-order valence-electron chi connectivity index (χ4n) is 3.01. The Morgan fingerprint density at radius 3 is 2.60 bits per heavy atom. The molecule has 3 aromatic heterocycles. The normalized spacial score (nSPS) is 12.3. The van der Waals surface area contributed by atoms with Crippen LogP contribution in [-0.4, -0.2) is 36.6 Å². The Hall–Kier alpha value is -2.83. The second-order valence-corrected chi connectivity index (χ2v) is 6.50. The number of amides is 1. The maximum Gasteiger partial charge on any atom is 0.256 e. The van der Waals surface area contributed by atoms with Crippen LogP contribution in [0.4, 0.5) is 0 Å². The van der Waals surface area contributed by atoms with Crippen molar-refractivity contribution in [2.45, 2.75) is 27.3 Å². The lowest BCUT2D eigenvalue weighted by molar-refractivity contribution is 0.0946. The first-order valence-electron chi connectivity index (χ1n) is 8.40. The molecule has 1 amide bonds. The SMILES string of the molecule is Cc1ccc(C)n1-c1c(C(=O)NC[C@@H](C)Cn2cccn2)cnn1C.